The van der Waals surface area contributed by atoms with Crippen LogP contribution >= 0.6 is 0 Å². The molecular weight excluding hydrogens is 240 g/mol. The Morgan fingerprint density at radius 2 is 2.21 bits per heavy atom. The fourth-order valence-corrected chi connectivity index (χ4v) is 2.39. The highest BCUT2D eigenvalue weighted by atomic mass is 16.2. The maximum absolute atomic E-state index is 11.7. The van der Waals surface area contributed by atoms with Gasteiger partial charge in [0.05, 0.1) is 0 Å². The van der Waals surface area contributed by atoms with Gasteiger partial charge in [0.1, 0.15) is 0 Å². The molecule has 4 nitrogen and oxygen atoms in total. The van der Waals surface area contributed by atoms with Crippen molar-refractivity contribution < 1.29 is 9.59 Å². The molecule has 0 radical (unpaired) electrons. The average Bonchev–Trinajstić information content (AvgIpc) is 2.76. The normalized spacial score (nSPS) is 14.8. The lowest BCUT2D eigenvalue weighted by Gasteiger charge is -2.19. The number of amides is 2. The van der Waals surface area contributed by atoms with E-state index in [0.29, 0.717) is 12.8 Å². The molecule has 0 aromatic heterocycles. The highest BCUT2D eigenvalue weighted by Gasteiger charge is 2.22. The molecule has 0 bridgehead atoms. The second kappa shape index (κ2) is 5.87. The number of nitrogens with zero attached hydrogens (tertiary/aromatic N) is 1. The summed E-state index contributed by atoms with van der Waals surface area (Å²) in [6, 6.07) is 5.70. The fourth-order valence-electron chi connectivity index (χ4n) is 2.39. The molecule has 19 heavy (non-hydrogen) atoms. The first kappa shape index (κ1) is 13.6. The Balaban J connectivity index is 2.13. The number of carbonyl (C=O) groups excluding carboxylic acids is 2. The smallest absolute Gasteiger partial charge is 0.227 e. The van der Waals surface area contributed by atoms with E-state index in [9.17, 15) is 9.59 Å². The molecular formula is C15H20N2O2. The molecule has 0 saturated carbocycles. The third kappa shape index (κ3) is 3.13. The van der Waals surface area contributed by atoms with E-state index in [2.05, 4.69) is 5.32 Å². The molecule has 0 unspecified atom stereocenters. The summed E-state index contributed by atoms with van der Waals surface area (Å²) in [6.07, 6.45) is 2.93. The van der Waals surface area contributed by atoms with Crippen molar-refractivity contribution in [2.45, 2.75) is 39.5 Å². The van der Waals surface area contributed by atoms with E-state index in [4.69, 9.17) is 0 Å². The van der Waals surface area contributed by atoms with Gasteiger partial charge in [-0.2, -0.15) is 0 Å². The van der Waals surface area contributed by atoms with Crippen LogP contribution in [0.2, 0.25) is 0 Å². The van der Waals surface area contributed by atoms with E-state index in [0.717, 1.165) is 36.3 Å². The fraction of sp³-hybridized carbons (Fsp3) is 0.467. The third-order valence-corrected chi connectivity index (χ3v) is 3.32. The second-order valence-electron chi connectivity index (χ2n) is 4.95. The van der Waals surface area contributed by atoms with Gasteiger partial charge in [-0.15, -0.1) is 0 Å². The van der Waals surface area contributed by atoms with Gasteiger partial charge in [0, 0.05) is 30.8 Å². The Morgan fingerprint density at radius 3 is 2.79 bits per heavy atom. The minimum absolute atomic E-state index is 0.0342. The van der Waals surface area contributed by atoms with Crippen LogP contribution in [-0.4, -0.2) is 18.4 Å². The Labute approximate surface area is 113 Å². The topological polar surface area (TPSA) is 49.4 Å². The monoisotopic (exact) mass is 260 g/mol. The quantitative estimate of drug-likeness (QED) is 0.905. The molecule has 1 aromatic carbocycles. The van der Waals surface area contributed by atoms with Gasteiger partial charge in [0.25, 0.3) is 0 Å². The minimum atomic E-state index is 0.0342. The molecule has 1 aliphatic rings. The van der Waals surface area contributed by atoms with E-state index in [-0.39, 0.29) is 11.8 Å². The number of aryl methyl sites for hydroxylation is 1. The van der Waals surface area contributed by atoms with Crippen LogP contribution in [0.15, 0.2) is 18.2 Å². The minimum Gasteiger partial charge on any atom is -0.326 e. The lowest BCUT2D eigenvalue weighted by atomic mass is 10.1. The van der Waals surface area contributed by atoms with Crippen molar-refractivity contribution in [1.29, 1.82) is 0 Å². The zero-order chi connectivity index (χ0) is 13.8. The van der Waals surface area contributed by atoms with Crippen molar-refractivity contribution in [2.24, 2.45) is 0 Å². The number of nitrogens with one attached hydrogen (secondary N) is 1. The number of hydrogen-bond donors (Lipinski definition) is 1. The first-order valence-electron chi connectivity index (χ1n) is 6.82. The average molecular weight is 260 g/mol. The van der Waals surface area contributed by atoms with Crippen molar-refractivity contribution in [3.63, 3.8) is 0 Å². The zero-order valence-electron chi connectivity index (χ0n) is 11.5. The van der Waals surface area contributed by atoms with Gasteiger partial charge in [-0.25, -0.2) is 0 Å². The van der Waals surface area contributed by atoms with Crippen LogP contribution < -0.4 is 10.2 Å². The van der Waals surface area contributed by atoms with Crippen molar-refractivity contribution in [2.75, 3.05) is 16.8 Å². The molecule has 0 spiro atoms. The summed E-state index contributed by atoms with van der Waals surface area (Å²) >= 11 is 0. The van der Waals surface area contributed by atoms with Crippen LogP contribution in [0.4, 0.5) is 11.4 Å². The predicted octanol–water partition coefficient (Wildman–Crippen LogP) is 2.86. The maximum atomic E-state index is 11.7. The van der Waals surface area contributed by atoms with E-state index in [1.165, 1.54) is 0 Å². The summed E-state index contributed by atoms with van der Waals surface area (Å²) in [4.78, 5) is 25.1. The molecule has 1 saturated heterocycles. The van der Waals surface area contributed by atoms with Crippen molar-refractivity contribution in [1.82, 2.24) is 0 Å². The zero-order valence-corrected chi connectivity index (χ0v) is 11.5. The lowest BCUT2D eigenvalue weighted by molar-refractivity contribution is -0.117. The molecule has 2 rings (SSSR count). The summed E-state index contributed by atoms with van der Waals surface area (Å²) in [6.45, 7) is 4.74. The standard InChI is InChI=1S/C15H20N2O2/c1-3-5-14(18)16-12-7-8-13(11(2)10-12)17-9-4-6-15(17)19/h7-8,10H,3-6,9H2,1-2H3,(H,16,18). The Hall–Kier alpha value is -1.84. The third-order valence-electron chi connectivity index (χ3n) is 3.32. The number of rotatable bonds is 4. The highest BCUT2D eigenvalue weighted by molar-refractivity contribution is 5.97. The molecule has 0 atom stereocenters. The van der Waals surface area contributed by atoms with Crippen molar-refractivity contribution in [3.8, 4) is 0 Å². The number of carbonyl (C=O) groups is 2. The van der Waals surface area contributed by atoms with Crippen molar-refractivity contribution in [3.05, 3.63) is 23.8 Å². The Kier molecular flexibility index (Phi) is 4.20. The summed E-state index contributed by atoms with van der Waals surface area (Å²) in [5.74, 6) is 0.220. The van der Waals surface area contributed by atoms with Gasteiger partial charge in [0.2, 0.25) is 11.8 Å². The Morgan fingerprint density at radius 1 is 1.42 bits per heavy atom. The molecule has 102 valence electrons. The summed E-state index contributed by atoms with van der Waals surface area (Å²) in [5, 5.41) is 2.87. The molecule has 1 aliphatic heterocycles. The summed E-state index contributed by atoms with van der Waals surface area (Å²) in [5.41, 5.74) is 2.77. The predicted molar refractivity (Wildman–Crippen MR) is 76.3 cm³/mol. The van der Waals surface area contributed by atoms with Crippen LogP contribution in [0.3, 0.4) is 0 Å². The van der Waals surface area contributed by atoms with Crippen LogP contribution in [0, 0.1) is 6.92 Å². The maximum Gasteiger partial charge on any atom is 0.227 e. The van der Waals surface area contributed by atoms with E-state index < -0.39 is 0 Å². The van der Waals surface area contributed by atoms with Crippen LogP contribution in [0.5, 0.6) is 0 Å². The molecule has 2 amide bonds. The van der Waals surface area contributed by atoms with Crippen LogP contribution in [0.25, 0.3) is 0 Å². The molecule has 1 N–H and O–H groups in total. The van der Waals surface area contributed by atoms with Gasteiger partial charge in [-0.3, -0.25) is 9.59 Å². The van der Waals surface area contributed by atoms with Crippen LogP contribution in [0.1, 0.15) is 38.2 Å². The first-order chi connectivity index (χ1) is 9.11. The SMILES string of the molecule is CCCC(=O)Nc1ccc(N2CCCC2=O)c(C)c1. The van der Waals surface area contributed by atoms with E-state index in [1.54, 1.807) is 0 Å². The molecule has 4 heteroatoms. The highest BCUT2D eigenvalue weighted by Crippen LogP contribution is 2.27. The molecule has 1 fully saturated rings. The van der Waals surface area contributed by atoms with Gasteiger partial charge in [0.15, 0.2) is 0 Å². The van der Waals surface area contributed by atoms with Crippen molar-refractivity contribution >= 4 is 23.2 Å². The summed E-state index contributed by atoms with van der Waals surface area (Å²) in [7, 11) is 0. The first-order valence-corrected chi connectivity index (χ1v) is 6.82. The lowest BCUT2D eigenvalue weighted by Crippen LogP contribution is -2.24. The van der Waals surface area contributed by atoms with E-state index in [1.807, 2.05) is 36.9 Å². The van der Waals surface area contributed by atoms with Crippen LogP contribution in [-0.2, 0) is 9.59 Å². The second-order valence-corrected chi connectivity index (χ2v) is 4.95. The summed E-state index contributed by atoms with van der Waals surface area (Å²) < 4.78 is 0. The van der Waals surface area contributed by atoms with Gasteiger partial charge in [-0.1, -0.05) is 6.92 Å². The van der Waals surface area contributed by atoms with Gasteiger partial charge in [-0.05, 0) is 43.5 Å². The molecule has 1 heterocycles. The van der Waals surface area contributed by atoms with Gasteiger partial charge >= 0.3 is 0 Å². The molecule has 1 aromatic rings. The van der Waals surface area contributed by atoms with Gasteiger partial charge < -0.3 is 10.2 Å². The number of hydrogen-bond acceptors (Lipinski definition) is 2. The number of benzene rings is 1. The number of anilines is 2. The van der Waals surface area contributed by atoms with E-state index >= 15 is 0 Å². The Bertz CT molecular complexity index is 497. The molecule has 0 aliphatic carbocycles. The largest absolute Gasteiger partial charge is 0.326 e.